The Morgan fingerprint density at radius 2 is 1.64 bits per heavy atom. The van der Waals surface area contributed by atoms with Gasteiger partial charge in [-0.3, -0.25) is 14.5 Å². The SMILES string of the molecule is CCCCCOc1ccc(/C(O)=C2\C(=O)C(=O)N(c3cccc(C)c3)C2c2ccc(OC)cc2)cc1. The topological polar surface area (TPSA) is 76.1 Å². The van der Waals surface area contributed by atoms with Crippen LogP contribution in [0.3, 0.4) is 0 Å². The quantitative estimate of drug-likeness (QED) is 0.169. The summed E-state index contributed by atoms with van der Waals surface area (Å²) in [7, 11) is 1.57. The van der Waals surface area contributed by atoms with Crippen LogP contribution >= 0.6 is 0 Å². The molecule has 1 fully saturated rings. The molecule has 3 aromatic rings. The number of aryl methyl sites for hydroxylation is 1. The van der Waals surface area contributed by atoms with Gasteiger partial charge in [0.25, 0.3) is 11.7 Å². The molecule has 1 unspecified atom stereocenters. The first-order valence-corrected chi connectivity index (χ1v) is 12.2. The molecule has 1 N–H and O–H groups in total. The fourth-order valence-electron chi connectivity index (χ4n) is 4.38. The lowest BCUT2D eigenvalue weighted by Crippen LogP contribution is -2.29. The van der Waals surface area contributed by atoms with E-state index in [0.29, 0.717) is 34.9 Å². The van der Waals surface area contributed by atoms with Crippen LogP contribution in [0.15, 0.2) is 78.4 Å². The fraction of sp³-hybridized carbons (Fsp3) is 0.267. The Morgan fingerprint density at radius 1 is 0.944 bits per heavy atom. The maximum atomic E-state index is 13.3. The predicted octanol–water partition coefficient (Wildman–Crippen LogP) is 6.20. The van der Waals surface area contributed by atoms with Crippen molar-refractivity contribution in [1.82, 2.24) is 0 Å². The van der Waals surface area contributed by atoms with Gasteiger partial charge >= 0.3 is 0 Å². The minimum absolute atomic E-state index is 0.0447. The number of hydrogen-bond acceptors (Lipinski definition) is 5. The standard InChI is InChI=1S/C30H31NO5/c1-4-5-6-18-36-25-16-12-22(13-17-25)28(32)26-27(21-10-14-24(35-3)15-11-21)31(30(34)29(26)33)23-9-7-8-20(2)19-23/h7-17,19,27,32H,4-6,18H2,1-3H3/b28-26+. The molecule has 0 aliphatic carbocycles. The molecule has 1 aliphatic rings. The molecule has 1 heterocycles. The van der Waals surface area contributed by atoms with Crippen molar-refractivity contribution >= 4 is 23.1 Å². The van der Waals surface area contributed by atoms with Gasteiger partial charge in [-0.25, -0.2) is 0 Å². The second-order valence-electron chi connectivity index (χ2n) is 8.86. The number of nitrogens with zero attached hydrogens (tertiary/aromatic N) is 1. The minimum atomic E-state index is -0.789. The normalized spacial score (nSPS) is 16.9. The third kappa shape index (κ3) is 5.13. The smallest absolute Gasteiger partial charge is 0.300 e. The molecule has 0 saturated carbocycles. The van der Waals surface area contributed by atoms with Gasteiger partial charge in [0, 0.05) is 11.3 Å². The van der Waals surface area contributed by atoms with E-state index in [1.165, 1.54) is 4.90 Å². The zero-order chi connectivity index (χ0) is 25.7. The van der Waals surface area contributed by atoms with Crippen molar-refractivity contribution < 1.29 is 24.2 Å². The van der Waals surface area contributed by atoms with Crippen LogP contribution in [0, 0.1) is 6.92 Å². The van der Waals surface area contributed by atoms with Gasteiger partial charge in [0.2, 0.25) is 0 Å². The van der Waals surface area contributed by atoms with Crippen LogP contribution in [0.2, 0.25) is 0 Å². The highest BCUT2D eigenvalue weighted by Gasteiger charge is 2.47. The molecule has 36 heavy (non-hydrogen) atoms. The number of carbonyl (C=O) groups excluding carboxylic acids is 2. The van der Waals surface area contributed by atoms with Gasteiger partial charge in [-0.15, -0.1) is 0 Å². The van der Waals surface area contributed by atoms with Crippen molar-refractivity contribution in [3.05, 3.63) is 95.1 Å². The fourth-order valence-corrected chi connectivity index (χ4v) is 4.38. The second kappa shape index (κ2) is 11.1. The first-order chi connectivity index (χ1) is 17.4. The molecule has 1 saturated heterocycles. The Morgan fingerprint density at radius 3 is 2.28 bits per heavy atom. The van der Waals surface area contributed by atoms with E-state index in [0.717, 1.165) is 24.8 Å². The molecule has 3 aromatic carbocycles. The number of anilines is 1. The summed E-state index contributed by atoms with van der Waals surface area (Å²) in [5.41, 5.74) is 2.72. The summed E-state index contributed by atoms with van der Waals surface area (Å²) < 4.78 is 11.0. The van der Waals surface area contributed by atoms with E-state index in [1.807, 2.05) is 25.1 Å². The van der Waals surface area contributed by atoms with Crippen LogP contribution in [-0.2, 0) is 9.59 Å². The van der Waals surface area contributed by atoms with Gasteiger partial charge in [0.15, 0.2) is 0 Å². The number of aliphatic hydroxyl groups excluding tert-OH is 1. The van der Waals surface area contributed by atoms with Crippen LogP contribution < -0.4 is 14.4 Å². The number of ketones is 1. The number of Topliss-reactive ketones (excluding diaryl/α,β-unsaturated/α-hetero) is 1. The number of unbranched alkanes of at least 4 members (excludes halogenated alkanes) is 2. The molecule has 0 spiro atoms. The number of hydrogen-bond donors (Lipinski definition) is 1. The molecule has 1 amide bonds. The summed E-state index contributed by atoms with van der Waals surface area (Å²) in [6.07, 6.45) is 3.19. The van der Waals surface area contributed by atoms with Crippen LogP contribution in [-0.4, -0.2) is 30.5 Å². The number of methoxy groups -OCH3 is 1. The molecule has 0 aromatic heterocycles. The van der Waals surface area contributed by atoms with E-state index in [-0.39, 0.29) is 11.3 Å². The van der Waals surface area contributed by atoms with Gasteiger partial charge in [-0.05, 0) is 73.0 Å². The zero-order valence-electron chi connectivity index (χ0n) is 20.9. The van der Waals surface area contributed by atoms with Crippen LogP contribution in [0.1, 0.15) is 48.9 Å². The lowest BCUT2D eigenvalue weighted by molar-refractivity contribution is -0.132. The molecular formula is C30H31NO5. The van der Waals surface area contributed by atoms with Gasteiger partial charge < -0.3 is 14.6 Å². The summed E-state index contributed by atoms with van der Waals surface area (Å²) in [4.78, 5) is 28.0. The van der Waals surface area contributed by atoms with E-state index in [1.54, 1.807) is 61.7 Å². The van der Waals surface area contributed by atoms with E-state index in [9.17, 15) is 14.7 Å². The lowest BCUT2D eigenvalue weighted by atomic mass is 9.95. The molecule has 6 heteroatoms. The lowest BCUT2D eigenvalue weighted by Gasteiger charge is -2.26. The molecule has 4 rings (SSSR count). The van der Waals surface area contributed by atoms with Gasteiger partial charge in [-0.1, -0.05) is 44.0 Å². The molecule has 1 atom stereocenters. The number of amides is 1. The first-order valence-electron chi connectivity index (χ1n) is 12.2. The average Bonchev–Trinajstić information content (AvgIpc) is 3.16. The third-order valence-corrected chi connectivity index (χ3v) is 6.30. The van der Waals surface area contributed by atoms with Crippen LogP contribution in [0.25, 0.3) is 5.76 Å². The Balaban J connectivity index is 1.76. The predicted molar refractivity (Wildman–Crippen MR) is 140 cm³/mol. The first kappa shape index (κ1) is 25.0. The van der Waals surface area contributed by atoms with E-state index >= 15 is 0 Å². The number of aliphatic hydroxyl groups is 1. The van der Waals surface area contributed by atoms with Gasteiger partial charge in [-0.2, -0.15) is 0 Å². The summed E-state index contributed by atoms with van der Waals surface area (Å²) in [6.45, 7) is 4.69. The largest absolute Gasteiger partial charge is 0.507 e. The highest BCUT2D eigenvalue weighted by atomic mass is 16.5. The maximum Gasteiger partial charge on any atom is 0.300 e. The molecule has 0 radical (unpaired) electrons. The summed E-state index contributed by atoms with van der Waals surface area (Å²) in [5.74, 6) is -0.286. The Bertz CT molecular complexity index is 1260. The van der Waals surface area contributed by atoms with E-state index in [4.69, 9.17) is 9.47 Å². The van der Waals surface area contributed by atoms with Gasteiger partial charge in [0.1, 0.15) is 17.3 Å². The van der Waals surface area contributed by atoms with Gasteiger partial charge in [0.05, 0.1) is 25.3 Å². The van der Waals surface area contributed by atoms with Crippen LogP contribution in [0.4, 0.5) is 5.69 Å². The summed E-state index contributed by atoms with van der Waals surface area (Å²) in [5, 5.41) is 11.3. The second-order valence-corrected chi connectivity index (χ2v) is 8.86. The van der Waals surface area contributed by atoms with E-state index < -0.39 is 17.7 Å². The number of rotatable bonds is 9. The van der Waals surface area contributed by atoms with Crippen molar-refractivity contribution in [3.8, 4) is 11.5 Å². The molecular weight excluding hydrogens is 454 g/mol. The number of ether oxygens (including phenoxy) is 2. The molecule has 0 bridgehead atoms. The Hall–Kier alpha value is -4.06. The van der Waals surface area contributed by atoms with E-state index in [2.05, 4.69) is 6.92 Å². The third-order valence-electron chi connectivity index (χ3n) is 6.30. The van der Waals surface area contributed by atoms with Crippen molar-refractivity contribution in [2.24, 2.45) is 0 Å². The highest BCUT2D eigenvalue weighted by Crippen LogP contribution is 2.42. The highest BCUT2D eigenvalue weighted by molar-refractivity contribution is 6.51. The van der Waals surface area contributed by atoms with Crippen molar-refractivity contribution in [1.29, 1.82) is 0 Å². The zero-order valence-corrected chi connectivity index (χ0v) is 20.9. The minimum Gasteiger partial charge on any atom is -0.507 e. The maximum absolute atomic E-state index is 13.3. The Labute approximate surface area is 211 Å². The van der Waals surface area contributed by atoms with Crippen LogP contribution in [0.5, 0.6) is 11.5 Å². The summed E-state index contributed by atoms with van der Waals surface area (Å²) in [6, 6.07) is 20.7. The van der Waals surface area contributed by atoms with Crippen molar-refractivity contribution in [2.45, 2.75) is 39.2 Å². The number of carbonyl (C=O) groups is 2. The van der Waals surface area contributed by atoms with Crippen molar-refractivity contribution in [3.63, 3.8) is 0 Å². The monoisotopic (exact) mass is 485 g/mol. The van der Waals surface area contributed by atoms with Crippen molar-refractivity contribution in [2.75, 3.05) is 18.6 Å². The molecule has 1 aliphatic heterocycles. The Kier molecular flexibility index (Phi) is 7.74. The number of benzene rings is 3. The molecule has 186 valence electrons. The molecule has 6 nitrogen and oxygen atoms in total. The average molecular weight is 486 g/mol. The summed E-state index contributed by atoms with van der Waals surface area (Å²) >= 11 is 0.